The minimum absolute atomic E-state index is 0.277. The van der Waals surface area contributed by atoms with Crippen LogP contribution < -0.4 is 5.32 Å². The fraction of sp³-hybridized carbons (Fsp3) is 0.190. The third-order valence-electron chi connectivity index (χ3n) is 4.50. The zero-order valence-electron chi connectivity index (χ0n) is 15.4. The molecule has 0 radical (unpaired) electrons. The summed E-state index contributed by atoms with van der Waals surface area (Å²) in [5, 5.41) is 8.55. The number of anilines is 1. The average molecular weight is 392 g/mol. The van der Waals surface area contributed by atoms with Gasteiger partial charge in [0.25, 0.3) is 0 Å². The zero-order chi connectivity index (χ0) is 19.5. The Kier molecular flexibility index (Phi) is 5.16. The topological polar surface area (TPSA) is 55.1 Å². The number of benzene rings is 1. The van der Waals surface area contributed by atoms with Gasteiger partial charge in [0.2, 0.25) is 0 Å². The van der Waals surface area contributed by atoms with Gasteiger partial charge in [0.1, 0.15) is 17.3 Å². The number of unbranched alkanes of at least 4 members (excludes halogenated alkanes) is 1. The van der Waals surface area contributed by atoms with E-state index in [0.717, 1.165) is 47.5 Å². The Balaban J connectivity index is 1.94. The van der Waals surface area contributed by atoms with Crippen LogP contribution in [0.15, 0.2) is 59.9 Å². The zero-order valence-corrected chi connectivity index (χ0v) is 16.2. The number of pyridine rings is 1. The van der Waals surface area contributed by atoms with Gasteiger partial charge in [-0.1, -0.05) is 19.4 Å². The lowest BCUT2D eigenvalue weighted by atomic mass is 10.0. The molecular formula is C21H19FN5S-. The van der Waals surface area contributed by atoms with Crippen LogP contribution in [0.3, 0.4) is 0 Å². The summed E-state index contributed by atoms with van der Waals surface area (Å²) in [5.74, 6) is 0.610. The Hall–Kier alpha value is -3.06. The summed E-state index contributed by atoms with van der Waals surface area (Å²) < 4.78 is 15.3. The molecule has 0 unspecified atom stereocenters. The maximum absolute atomic E-state index is 13.5. The number of hydrogen-bond donors (Lipinski definition) is 1. The Morgan fingerprint density at radius 3 is 2.68 bits per heavy atom. The number of aromatic nitrogens is 4. The third kappa shape index (κ3) is 3.53. The van der Waals surface area contributed by atoms with E-state index in [-0.39, 0.29) is 11.0 Å². The lowest BCUT2D eigenvalue weighted by Gasteiger charge is -2.09. The van der Waals surface area contributed by atoms with Gasteiger partial charge in [-0.2, -0.15) is 5.10 Å². The monoisotopic (exact) mass is 392 g/mol. The van der Waals surface area contributed by atoms with Gasteiger partial charge in [-0.25, -0.2) is 8.91 Å². The summed E-state index contributed by atoms with van der Waals surface area (Å²) in [7, 11) is 0. The van der Waals surface area contributed by atoms with E-state index in [4.69, 9.17) is 17.7 Å². The highest BCUT2D eigenvalue weighted by Gasteiger charge is 2.19. The summed E-state index contributed by atoms with van der Waals surface area (Å²) >= 11 is 5.16. The predicted octanol–water partition coefficient (Wildman–Crippen LogP) is 4.72. The Morgan fingerprint density at radius 1 is 1.11 bits per heavy atom. The van der Waals surface area contributed by atoms with E-state index in [1.165, 1.54) is 12.1 Å². The molecule has 3 heterocycles. The van der Waals surface area contributed by atoms with E-state index in [9.17, 15) is 4.39 Å². The first-order valence-corrected chi connectivity index (χ1v) is 9.60. The van der Waals surface area contributed by atoms with Gasteiger partial charge in [0.15, 0.2) is 0 Å². The number of fused-ring (bicyclic) bond motifs is 1. The predicted molar refractivity (Wildman–Crippen MR) is 111 cm³/mol. The minimum atomic E-state index is -0.286. The highest BCUT2D eigenvalue weighted by Crippen LogP contribution is 2.35. The highest BCUT2D eigenvalue weighted by molar-refractivity contribution is 7.58. The highest BCUT2D eigenvalue weighted by atomic mass is 32.1. The van der Waals surface area contributed by atoms with Crippen molar-refractivity contribution in [3.8, 4) is 22.5 Å². The van der Waals surface area contributed by atoms with Gasteiger partial charge in [-0.15, -0.1) is 0 Å². The molecule has 0 aliphatic heterocycles. The number of nitrogens with zero attached hydrogens (tertiary/aromatic N) is 4. The summed E-state index contributed by atoms with van der Waals surface area (Å²) in [6.45, 7) is 3.02. The second kappa shape index (κ2) is 7.90. The first-order valence-electron chi connectivity index (χ1n) is 9.19. The van der Waals surface area contributed by atoms with Gasteiger partial charge >= 0.3 is 0 Å². The molecule has 0 spiro atoms. The molecule has 7 heteroatoms. The van der Waals surface area contributed by atoms with E-state index in [1.807, 2.05) is 28.8 Å². The van der Waals surface area contributed by atoms with Crippen LogP contribution in [0.4, 0.5) is 10.2 Å². The van der Waals surface area contributed by atoms with Crippen molar-refractivity contribution in [3.63, 3.8) is 0 Å². The van der Waals surface area contributed by atoms with Crippen molar-refractivity contribution in [3.05, 3.63) is 60.5 Å². The van der Waals surface area contributed by atoms with Gasteiger partial charge < -0.3 is 17.9 Å². The molecule has 0 saturated heterocycles. The van der Waals surface area contributed by atoms with E-state index >= 15 is 0 Å². The number of hydrogen-bond acceptors (Lipinski definition) is 5. The summed E-state index contributed by atoms with van der Waals surface area (Å²) in [4.78, 5) is 8.46. The molecule has 0 aliphatic carbocycles. The van der Waals surface area contributed by atoms with Crippen LogP contribution in [0.1, 0.15) is 19.8 Å². The standard InChI is InChI=1S/C21H20FN5S/c1-2-3-12-23-18-6-4-5-17-19(16-11-13-24-21(28)25-16)20(26-27(17)18)14-7-9-15(22)10-8-14/h4-11,13,23H,2-3,12H2,1H3,(H,24,25,28)/p-1. The van der Waals surface area contributed by atoms with Crippen molar-refractivity contribution in [1.82, 2.24) is 19.6 Å². The molecule has 0 saturated carbocycles. The van der Waals surface area contributed by atoms with Gasteiger partial charge in [-0.05, 0) is 48.9 Å². The molecule has 0 aliphatic rings. The molecule has 0 fully saturated rings. The Morgan fingerprint density at radius 2 is 1.93 bits per heavy atom. The number of nitrogens with one attached hydrogen (secondary N) is 1. The molecule has 0 bridgehead atoms. The van der Waals surface area contributed by atoms with Crippen LogP contribution in [0, 0.1) is 5.82 Å². The van der Waals surface area contributed by atoms with Crippen molar-refractivity contribution in [2.45, 2.75) is 24.9 Å². The number of halogens is 1. The molecule has 0 amide bonds. The van der Waals surface area contributed by atoms with Gasteiger partial charge in [-0.3, -0.25) is 9.97 Å². The second-order valence-corrected chi connectivity index (χ2v) is 6.81. The molecule has 1 aromatic carbocycles. The largest absolute Gasteiger partial charge is 0.740 e. The van der Waals surface area contributed by atoms with Crippen LogP contribution in [-0.2, 0) is 12.6 Å². The van der Waals surface area contributed by atoms with Crippen molar-refractivity contribution in [1.29, 1.82) is 0 Å². The first kappa shape index (κ1) is 18.3. The molecule has 28 heavy (non-hydrogen) atoms. The van der Waals surface area contributed by atoms with Crippen LogP contribution in [0.25, 0.3) is 28.0 Å². The Labute approximate surface area is 168 Å². The summed E-state index contributed by atoms with van der Waals surface area (Å²) in [6.07, 6.45) is 3.82. The minimum Gasteiger partial charge on any atom is -0.740 e. The van der Waals surface area contributed by atoms with E-state index in [2.05, 4.69) is 22.2 Å². The molecule has 4 aromatic rings. The molecule has 3 aromatic heterocycles. The maximum Gasteiger partial charge on any atom is 0.128 e. The molecular weight excluding hydrogens is 373 g/mol. The summed E-state index contributed by atoms with van der Waals surface area (Å²) in [5.41, 5.74) is 3.97. The number of rotatable bonds is 6. The summed E-state index contributed by atoms with van der Waals surface area (Å²) in [6, 6.07) is 14.1. The SMILES string of the molecule is CCCCNc1cccc2c(-c3ccnc([S-])n3)c(-c3ccc(F)cc3)nn12. The van der Waals surface area contributed by atoms with Crippen molar-refractivity contribution in [2.75, 3.05) is 11.9 Å². The van der Waals surface area contributed by atoms with Crippen LogP contribution >= 0.6 is 0 Å². The normalized spacial score (nSPS) is 11.1. The lowest BCUT2D eigenvalue weighted by Crippen LogP contribution is -2.06. The second-order valence-electron chi connectivity index (χ2n) is 6.44. The van der Waals surface area contributed by atoms with Crippen molar-refractivity contribution >= 4 is 24.0 Å². The van der Waals surface area contributed by atoms with E-state index in [0.29, 0.717) is 5.69 Å². The molecule has 0 atom stereocenters. The fourth-order valence-corrected chi connectivity index (χ4v) is 3.30. The first-order chi connectivity index (χ1) is 13.7. The molecule has 1 N–H and O–H groups in total. The maximum atomic E-state index is 13.5. The van der Waals surface area contributed by atoms with Crippen LogP contribution in [0.2, 0.25) is 0 Å². The van der Waals surface area contributed by atoms with Crippen molar-refractivity contribution in [2.24, 2.45) is 0 Å². The van der Waals surface area contributed by atoms with Crippen molar-refractivity contribution < 1.29 is 4.39 Å². The van der Waals surface area contributed by atoms with Gasteiger partial charge in [0, 0.05) is 23.5 Å². The van der Waals surface area contributed by atoms with E-state index < -0.39 is 0 Å². The third-order valence-corrected chi connectivity index (χ3v) is 4.70. The van der Waals surface area contributed by atoms with Crippen LogP contribution in [-0.4, -0.2) is 26.1 Å². The smallest absolute Gasteiger partial charge is 0.128 e. The lowest BCUT2D eigenvalue weighted by molar-refractivity contribution is 0.628. The molecule has 5 nitrogen and oxygen atoms in total. The van der Waals surface area contributed by atoms with Crippen LogP contribution in [0.5, 0.6) is 0 Å². The Bertz CT molecular complexity index is 1110. The molecule has 4 rings (SSSR count). The van der Waals surface area contributed by atoms with Gasteiger partial charge in [0.05, 0.1) is 16.8 Å². The molecule has 142 valence electrons. The fourth-order valence-electron chi connectivity index (χ4n) is 3.14. The van der Waals surface area contributed by atoms with E-state index in [1.54, 1.807) is 18.3 Å². The quantitative estimate of drug-likeness (QED) is 0.292. The average Bonchev–Trinajstić information content (AvgIpc) is 3.09.